The van der Waals surface area contributed by atoms with E-state index in [1.54, 1.807) is 18.2 Å². The molecule has 0 amide bonds. The molecule has 4 nitrogen and oxygen atoms in total. The Morgan fingerprint density at radius 3 is 2.45 bits per heavy atom. The minimum atomic E-state index is -0.389. The fraction of sp³-hybridized carbons (Fsp3) is 0.188. The van der Waals surface area contributed by atoms with Gasteiger partial charge in [0.15, 0.2) is 6.61 Å². The number of Topliss-reactive ketones (excluding diaryl/α,β-unsaturated/α-hetero) is 1. The summed E-state index contributed by atoms with van der Waals surface area (Å²) < 4.78 is 29.1. The predicted molar refractivity (Wildman–Crippen MR) is 83.5 cm³/mol. The van der Waals surface area contributed by atoms with Gasteiger partial charge in [-0.3, -0.25) is 4.79 Å². The van der Waals surface area contributed by atoms with Crippen molar-refractivity contribution in [1.82, 2.24) is 0 Å². The molecule has 0 spiro atoms. The van der Waals surface area contributed by atoms with E-state index < -0.39 is 0 Å². The second-order valence-corrected chi connectivity index (χ2v) is 5.21. The summed E-state index contributed by atoms with van der Waals surface area (Å²) in [5, 5.41) is 0. The molecule has 0 aliphatic heterocycles. The second kappa shape index (κ2) is 7.26. The third-order valence-electron chi connectivity index (χ3n) is 2.96. The van der Waals surface area contributed by atoms with E-state index >= 15 is 0 Å². The largest absolute Gasteiger partial charge is 0.497 e. The van der Waals surface area contributed by atoms with E-state index in [0.717, 1.165) is 0 Å². The number of hydrogen-bond acceptors (Lipinski definition) is 4. The summed E-state index contributed by atoms with van der Waals surface area (Å²) in [6.45, 7) is -0.201. The van der Waals surface area contributed by atoms with E-state index in [0.29, 0.717) is 27.3 Å². The molecule has 0 saturated heterocycles. The highest BCUT2D eigenvalue weighted by molar-refractivity contribution is 9.10. The molecule has 0 N–H and O–H groups in total. The smallest absolute Gasteiger partial charge is 0.204 e. The third-order valence-corrected chi connectivity index (χ3v) is 3.58. The molecule has 0 heterocycles. The summed E-state index contributed by atoms with van der Waals surface area (Å²) in [6, 6.07) is 8.93. The molecule has 2 rings (SSSR count). The van der Waals surface area contributed by atoms with Crippen molar-refractivity contribution in [1.29, 1.82) is 0 Å². The van der Waals surface area contributed by atoms with Gasteiger partial charge in [0.25, 0.3) is 0 Å². The number of carbonyl (C=O) groups excluding carboxylic acids is 1. The van der Waals surface area contributed by atoms with Crippen molar-refractivity contribution in [2.45, 2.75) is 0 Å². The van der Waals surface area contributed by atoms with Crippen LogP contribution in [0, 0.1) is 5.82 Å². The Kier molecular flexibility index (Phi) is 5.38. The molecule has 0 atom stereocenters. The standard InChI is InChI=1S/C16H14BrFO4/c1-20-11-4-6-15(21-2)12(8-11)14(19)9-22-16-5-3-10(18)7-13(16)17/h3-8H,9H2,1-2H3. The normalized spacial score (nSPS) is 10.2. The molecular formula is C16H14BrFO4. The van der Waals surface area contributed by atoms with Gasteiger partial charge in [-0.05, 0) is 52.3 Å². The van der Waals surface area contributed by atoms with Crippen LogP contribution in [0.1, 0.15) is 10.4 Å². The lowest BCUT2D eigenvalue weighted by atomic mass is 10.1. The van der Waals surface area contributed by atoms with Gasteiger partial charge in [0, 0.05) is 0 Å². The first-order chi connectivity index (χ1) is 10.5. The quantitative estimate of drug-likeness (QED) is 0.726. The van der Waals surface area contributed by atoms with Crippen LogP contribution in [-0.4, -0.2) is 26.6 Å². The maximum absolute atomic E-state index is 13.0. The highest BCUT2D eigenvalue weighted by Gasteiger charge is 2.15. The molecule has 22 heavy (non-hydrogen) atoms. The molecule has 0 aliphatic carbocycles. The Morgan fingerprint density at radius 2 is 1.82 bits per heavy atom. The zero-order valence-corrected chi connectivity index (χ0v) is 13.6. The summed E-state index contributed by atoms with van der Waals surface area (Å²) in [5.41, 5.74) is 0.361. The van der Waals surface area contributed by atoms with Crippen LogP contribution in [0.25, 0.3) is 0 Å². The van der Waals surface area contributed by atoms with Crippen molar-refractivity contribution in [3.8, 4) is 17.2 Å². The number of rotatable bonds is 6. The molecule has 0 saturated carbocycles. The molecule has 116 valence electrons. The number of carbonyl (C=O) groups is 1. The summed E-state index contributed by atoms with van der Waals surface area (Å²) in [4.78, 5) is 12.3. The van der Waals surface area contributed by atoms with Crippen molar-refractivity contribution >= 4 is 21.7 Å². The number of halogens is 2. The van der Waals surface area contributed by atoms with Gasteiger partial charge in [-0.2, -0.15) is 0 Å². The number of benzene rings is 2. The van der Waals surface area contributed by atoms with E-state index in [-0.39, 0.29) is 18.2 Å². The molecule has 0 aromatic heterocycles. The molecule has 6 heteroatoms. The Balaban J connectivity index is 2.15. The average molecular weight is 369 g/mol. The molecule has 0 bridgehead atoms. The summed E-state index contributed by atoms with van der Waals surface area (Å²) in [6.07, 6.45) is 0. The molecule has 0 unspecified atom stereocenters. The molecule has 0 fully saturated rings. The van der Waals surface area contributed by atoms with Gasteiger partial charge in [0.2, 0.25) is 5.78 Å². The molecule has 2 aromatic carbocycles. The van der Waals surface area contributed by atoms with Crippen molar-refractivity contribution in [3.63, 3.8) is 0 Å². The SMILES string of the molecule is COc1ccc(OC)c(C(=O)COc2ccc(F)cc2Br)c1. The molecule has 2 aromatic rings. The van der Waals surface area contributed by atoms with Crippen LogP contribution in [0.5, 0.6) is 17.2 Å². The van der Waals surface area contributed by atoms with Gasteiger partial charge in [-0.15, -0.1) is 0 Å². The lowest BCUT2D eigenvalue weighted by Crippen LogP contribution is -2.13. The van der Waals surface area contributed by atoms with Crippen LogP contribution in [-0.2, 0) is 0 Å². The number of methoxy groups -OCH3 is 2. The summed E-state index contributed by atoms with van der Waals surface area (Å²) >= 11 is 3.18. The van der Waals surface area contributed by atoms with Crippen molar-refractivity contribution in [2.75, 3.05) is 20.8 Å². The maximum atomic E-state index is 13.0. The lowest BCUT2D eigenvalue weighted by molar-refractivity contribution is 0.0917. The fourth-order valence-corrected chi connectivity index (χ4v) is 2.31. The summed E-state index contributed by atoms with van der Waals surface area (Å²) in [5.74, 6) is 0.711. The Morgan fingerprint density at radius 1 is 1.09 bits per heavy atom. The van der Waals surface area contributed by atoms with Crippen molar-refractivity contribution < 1.29 is 23.4 Å². The molecule has 0 aliphatic rings. The third kappa shape index (κ3) is 3.76. The van der Waals surface area contributed by atoms with E-state index in [9.17, 15) is 9.18 Å². The monoisotopic (exact) mass is 368 g/mol. The first-order valence-corrected chi connectivity index (χ1v) is 7.17. The number of hydrogen-bond donors (Lipinski definition) is 0. The zero-order valence-electron chi connectivity index (χ0n) is 12.1. The van der Waals surface area contributed by atoms with Gasteiger partial charge < -0.3 is 14.2 Å². The van der Waals surface area contributed by atoms with Crippen LogP contribution in [0.4, 0.5) is 4.39 Å². The first kappa shape index (κ1) is 16.3. The van der Waals surface area contributed by atoms with Crippen molar-refractivity contribution in [3.05, 3.63) is 52.3 Å². The van der Waals surface area contributed by atoms with Crippen LogP contribution in [0.3, 0.4) is 0 Å². The van der Waals surface area contributed by atoms with Gasteiger partial charge in [-0.25, -0.2) is 4.39 Å². The first-order valence-electron chi connectivity index (χ1n) is 6.38. The van der Waals surface area contributed by atoms with Crippen molar-refractivity contribution in [2.24, 2.45) is 0 Å². The summed E-state index contributed by atoms with van der Waals surface area (Å²) in [7, 11) is 3.00. The van der Waals surface area contributed by atoms with Gasteiger partial charge in [0.1, 0.15) is 23.1 Å². The van der Waals surface area contributed by atoms with Crippen LogP contribution in [0.2, 0.25) is 0 Å². The van der Waals surface area contributed by atoms with E-state index in [1.807, 2.05) is 0 Å². The van der Waals surface area contributed by atoms with E-state index in [4.69, 9.17) is 14.2 Å². The minimum Gasteiger partial charge on any atom is -0.497 e. The number of ether oxygens (including phenoxy) is 3. The van der Waals surface area contributed by atoms with Crippen LogP contribution < -0.4 is 14.2 Å². The van der Waals surface area contributed by atoms with E-state index in [2.05, 4.69) is 15.9 Å². The van der Waals surface area contributed by atoms with Crippen LogP contribution >= 0.6 is 15.9 Å². The lowest BCUT2D eigenvalue weighted by Gasteiger charge is -2.11. The molecule has 0 radical (unpaired) electrons. The topological polar surface area (TPSA) is 44.8 Å². The Bertz CT molecular complexity index is 688. The highest BCUT2D eigenvalue weighted by Crippen LogP contribution is 2.27. The Hall–Kier alpha value is -2.08. The molecular weight excluding hydrogens is 355 g/mol. The highest BCUT2D eigenvalue weighted by atomic mass is 79.9. The predicted octanol–water partition coefficient (Wildman–Crippen LogP) is 3.87. The zero-order chi connectivity index (χ0) is 16.1. The van der Waals surface area contributed by atoms with Gasteiger partial charge >= 0.3 is 0 Å². The maximum Gasteiger partial charge on any atom is 0.204 e. The van der Waals surface area contributed by atoms with Gasteiger partial charge in [0.05, 0.1) is 24.3 Å². The van der Waals surface area contributed by atoms with E-state index in [1.165, 1.54) is 32.4 Å². The number of ketones is 1. The average Bonchev–Trinajstić information content (AvgIpc) is 2.53. The van der Waals surface area contributed by atoms with Crippen LogP contribution in [0.15, 0.2) is 40.9 Å². The second-order valence-electron chi connectivity index (χ2n) is 4.35. The Labute approximate surface area is 135 Å². The van der Waals surface area contributed by atoms with Gasteiger partial charge in [-0.1, -0.05) is 0 Å². The minimum absolute atomic E-state index is 0.201. The fourth-order valence-electron chi connectivity index (χ4n) is 1.85.